The summed E-state index contributed by atoms with van der Waals surface area (Å²) in [4.78, 5) is 8.29. The Balaban J connectivity index is 0.00000161. The first-order valence-electron chi connectivity index (χ1n) is 7.25. The molecule has 118 valence electrons. The van der Waals surface area contributed by atoms with Gasteiger partial charge in [-0.1, -0.05) is 17.7 Å². The molecule has 3 rings (SSSR count). The zero-order valence-electron chi connectivity index (χ0n) is 11.9. The molecule has 0 unspecified atom stereocenters. The maximum atomic E-state index is 5.94. The predicted octanol–water partition coefficient (Wildman–Crippen LogP) is -2.79. The van der Waals surface area contributed by atoms with E-state index in [2.05, 4.69) is 9.88 Å². The summed E-state index contributed by atoms with van der Waals surface area (Å²) in [5.74, 6) is 0.985. The Labute approximate surface area is 136 Å². The Hall–Kier alpha value is -0.590. The van der Waals surface area contributed by atoms with Gasteiger partial charge >= 0.3 is 0 Å². The smallest absolute Gasteiger partial charge is 0.163 e. The van der Waals surface area contributed by atoms with Crippen LogP contribution < -0.4 is 22.2 Å². The van der Waals surface area contributed by atoms with Crippen LogP contribution in [-0.4, -0.2) is 57.2 Å². The summed E-state index contributed by atoms with van der Waals surface area (Å²) in [6, 6.07) is 5.80. The molecule has 0 amide bonds. The van der Waals surface area contributed by atoms with Crippen molar-refractivity contribution in [1.29, 1.82) is 0 Å². The topological polar surface area (TPSA) is 39.0 Å². The first kappa shape index (κ1) is 16.8. The van der Waals surface area contributed by atoms with Gasteiger partial charge in [0.05, 0.1) is 45.9 Å². The number of piperazine rings is 1. The molecule has 1 aromatic heterocycles. The number of nitrogens with one attached hydrogen (secondary N) is 1. The molecule has 2 saturated heterocycles. The number of pyridine rings is 1. The van der Waals surface area contributed by atoms with Crippen LogP contribution in [-0.2, 0) is 9.47 Å². The first-order chi connectivity index (χ1) is 9.81. The minimum absolute atomic E-state index is 0. The standard InChI is InChI=1S/C14H20ClN3O2.ClH/c15-12-2-1-3-13(16-12)18-8-6-17(7-9-18)5-4-14-19-10-11-20-14;/h1-3,14H,4-11H2;1H. The van der Waals surface area contributed by atoms with Crippen molar-refractivity contribution in [2.75, 3.05) is 50.8 Å². The van der Waals surface area contributed by atoms with E-state index in [1.54, 1.807) is 4.90 Å². The number of hydrogen-bond acceptors (Lipinski definition) is 4. The molecule has 1 aromatic rings. The highest BCUT2D eigenvalue weighted by Crippen LogP contribution is 2.14. The van der Waals surface area contributed by atoms with Gasteiger partial charge < -0.3 is 31.7 Å². The van der Waals surface area contributed by atoms with Crippen molar-refractivity contribution in [2.45, 2.75) is 12.7 Å². The molecule has 2 fully saturated rings. The molecule has 0 saturated carbocycles. The minimum Gasteiger partial charge on any atom is -1.00 e. The number of ether oxygens (including phenoxy) is 2. The molecule has 2 aliphatic rings. The third kappa shape index (κ3) is 4.69. The zero-order valence-corrected chi connectivity index (χ0v) is 13.4. The van der Waals surface area contributed by atoms with Gasteiger partial charge in [0.2, 0.25) is 0 Å². The summed E-state index contributed by atoms with van der Waals surface area (Å²) < 4.78 is 11.0. The molecule has 0 aromatic carbocycles. The predicted molar refractivity (Wildman–Crippen MR) is 77.3 cm³/mol. The Morgan fingerprint density at radius 2 is 1.95 bits per heavy atom. The fourth-order valence-electron chi connectivity index (χ4n) is 2.77. The van der Waals surface area contributed by atoms with Gasteiger partial charge in [-0.25, -0.2) is 4.98 Å². The van der Waals surface area contributed by atoms with E-state index in [-0.39, 0.29) is 18.7 Å². The molecule has 7 heteroatoms. The third-order valence-electron chi connectivity index (χ3n) is 3.92. The highest BCUT2D eigenvalue weighted by Gasteiger charge is 2.23. The minimum atomic E-state index is 0. The van der Waals surface area contributed by atoms with Crippen molar-refractivity contribution in [3.05, 3.63) is 23.4 Å². The zero-order chi connectivity index (χ0) is 13.8. The van der Waals surface area contributed by atoms with E-state index in [1.165, 1.54) is 0 Å². The molecular formula is C14H21Cl2N3O2. The van der Waals surface area contributed by atoms with E-state index in [0.717, 1.165) is 58.2 Å². The van der Waals surface area contributed by atoms with E-state index in [1.807, 2.05) is 18.2 Å². The lowest BCUT2D eigenvalue weighted by molar-refractivity contribution is -0.901. The van der Waals surface area contributed by atoms with Crippen LogP contribution in [0.15, 0.2) is 18.2 Å². The van der Waals surface area contributed by atoms with Crippen molar-refractivity contribution >= 4 is 17.4 Å². The first-order valence-corrected chi connectivity index (χ1v) is 7.63. The molecule has 0 spiro atoms. The normalized spacial score (nSPS) is 20.5. The second-order valence-electron chi connectivity index (χ2n) is 5.27. The van der Waals surface area contributed by atoms with Crippen molar-refractivity contribution < 1.29 is 26.8 Å². The SMILES string of the molecule is Clc1cccc(N2CC[NH+](CCC3OCCO3)CC2)n1.[Cl-]. The summed E-state index contributed by atoms with van der Waals surface area (Å²) in [5, 5.41) is 0.563. The maximum Gasteiger partial charge on any atom is 0.163 e. The van der Waals surface area contributed by atoms with Gasteiger partial charge in [0.15, 0.2) is 6.29 Å². The van der Waals surface area contributed by atoms with Crippen LogP contribution in [0.25, 0.3) is 0 Å². The van der Waals surface area contributed by atoms with E-state index in [4.69, 9.17) is 21.1 Å². The van der Waals surface area contributed by atoms with E-state index < -0.39 is 0 Å². The number of anilines is 1. The Morgan fingerprint density at radius 1 is 1.24 bits per heavy atom. The fraction of sp³-hybridized carbons (Fsp3) is 0.643. The monoisotopic (exact) mass is 333 g/mol. The van der Waals surface area contributed by atoms with E-state index in [0.29, 0.717) is 5.15 Å². The molecule has 2 aliphatic heterocycles. The Bertz CT molecular complexity index is 436. The largest absolute Gasteiger partial charge is 1.00 e. The molecule has 0 radical (unpaired) electrons. The van der Waals surface area contributed by atoms with E-state index >= 15 is 0 Å². The summed E-state index contributed by atoms with van der Waals surface area (Å²) in [6.07, 6.45) is 1.01. The quantitative estimate of drug-likeness (QED) is 0.605. The number of nitrogens with zero attached hydrogens (tertiary/aromatic N) is 2. The number of quaternary nitrogens is 1. The lowest BCUT2D eigenvalue weighted by Crippen LogP contribution is -3.15. The second kappa shape index (κ2) is 8.15. The highest BCUT2D eigenvalue weighted by molar-refractivity contribution is 6.29. The second-order valence-corrected chi connectivity index (χ2v) is 5.65. The van der Waals surface area contributed by atoms with Gasteiger partial charge in [0, 0.05) is 6.42 Å². The average Bonchev–Trinajstić information content (AvgIpc) is 2.99. The molecule has 0 bridgehead atoms. The van der Waals surface area contributed by atoms with Crippen LogP contribution in [0.2, 0.25) is 5.15 Å². The highest BCUT2D eigenvalue weighted by atomic mass is 35.5. The van der Waals surface area contributed by atoms with Gasteiger partial charge in [0.1, 0.15) is 11.0 Å². The molecule has 3 heterocycles. The molecule has 0 aliphatic carbocycles. The molecule has 0 atom stereocenters. The molecule has 1 N–H and O–H groups in total. The summed E-state index contributed by atoms with van der Waals surface area (Å²) in [6.45, 7) is 6.90. The number of hydrogen-bond donors (Lipinski definition) is 1. The van der Waals surface area contributed by atoms with Gasteiger partial charge in [-0.15, -0.1) is 0 Å². The van der Waals surface area contributed by atoms with Crippen molar-refractivity contribution in [3.63, 3.8) is 0 Å². The van der Waals surface area contributed by atoms with Crippen molar-refractivity contribution in [2.24, 2.45) is 0 Å². The van der Waals surface area contributed by atoms with E-state index in [9.17, 15) is 0 Å². The van der Waals surface area contributed by atoms with Crippen LogP contribution in [0.3, 0.4) is 0 Å². The third-order valence-corrected chi connectivity index (χ3v) is 4.13. The van der Waals surface area contributed by atoms with Crippen molar-refractivity contribution in [3.8, 4) is 0 Å². The van der Waals surface area contributed by atoms with Crippen LogP contribution in [0.4, 0.5) is 5.82 Å². The summed E-state index contributed by atoms with van der Waals surface area (Å²) >= 11 is 5.94. The molecule has 5 nitrogen and oxygen atoms in total. The average molecular weight is 334 g/mol. The van der Waals surface area contributed by atoms with Crippen LogP contribution in [0.1, 0.15) is 6.42 Å². The number of halogens is 2. The molecular weight excluding hydrogens is 313 g/mol. The summed E-state index contributed by atoms with van der Waals surface area (Å²) in [5.41, 5.74) is 0. The lowest BCUT2D eigenvalue weighted by Gasteiger charge is -2.33. The maximum absolute atomic E-state index is 5.94. The summed E-state index contributed by atoms with van der Waals surface area (Å²) in [7, 11) is 0. The van der Waals surface area contributed by atoms with Crippen LogP contribution >= 0.6 is 11.6 Å². The fourth-order valence-corrected chi connectivity index (χ4v) is 2.93. The van der Waals surface area contributed by atoms with Crippen molar-refractivity contribution in [1.82, 2.24) is 4.98 Å². The van der Waals surface area contributed by atoms with Gasteiger partial charge in [-0.3, -0.25) is 0 Å². The van der Waals surface area contributed by atoms with Gasteiger partial charge in [-0.2, -0.15) is 0 Å². The van der Waals surface area contributed by atoms with Gasteiger partial charge in [0.25, 0.3) is 0 Å². The van der Waals surface area contributed by atoms with Crippen LogP contribution in [0.5, 0.6) is 0 Å². The van der Waals surface area contributed by atoms with Gasteiger partial charge in [-0.05, 0) is 12.1 Å². The Morgan fingerprint density at radius 3 is 2.62 bits per heavy atom. The molecule has 21 heavy (non-hydrogen) atoms. The number of rotatable bonds is 4. The van der Waals surface area contributed by atoms with Crippen LogP contribution in [0, 0.1) is 0 Å². The lowest BCUT2D eigenvalue weighted by atomic mass is 10.2. The number of aromatic nitrogens is 1. The Kier molecular flexibility index (Phi) is 6.51.